The van der Waals surface area contributed by atoms with Crippen LogP contribution in [0.1, 0.15) is 0 Å². The van der Waals surface area contributed by atoms with Crippen LogP contribution in [-0.4, -0.2) is 18.1 Å². The first-order valence-corrected chi connectivity index (χ1v) is 5.60. The number of nitrogens with zero attached hydrogens (tertiary/aromatic N) is 1. The standard InChI is InChI=1S/C12H14Cl2N2/c1-3-5-16(6-4-2)15-12-8-10(13)7-11(14)9-12/h3-4,7-9,15H,1-2,5-6H2. The molecular formula is C12H14Cl2N2. The summed E-state index contributed by atoms with van der Waals surface area (Å²) in [5.74, 6) is 0. The van der Waals surface area contributed by atoms with Gasteiger partial charge in [-0.05, 0) is 18.2 Å². The summed E-state index contributed by atoms with van der Waals surface area (Å²) in [6.45, 7) is 8.79. The molecule has 0 bridgehead atoms. The van der Waals surface area contributed by atoms with Crippen molar-refractivity contribution < 1.29 is 0 Å². The molecule has 1 aromatic rings. The van der Waals surface area contributed by atoms with Gasteiger partial charge in [0.1, 0.15) is 0 Å². The molecule has 0 aliphatic heterocycles. The summed E-state index contributed by atoms with van der Waals surface area (Å²) in [4.78, 5) is 0. The minimum absolute atomic E-state index is 0.604. The number of nitrogens with one attached hydrogen (secondary N) is 1. The maximum absolute atomic E-state index is 5.90. The normalized spacial score (nSPS) is 10.2. The van der Waals surface area contributed by atoms with E-state index >= 15 is 0 Å². The summed E-state index contributed by atoms with van der Waals surface area (Å²) in [5, 5.41) is 3.15. The zero-order chi connectivity index (χ0) is 12.0. The summed E-state index contributed by atoms with van der Waals surface area (Å²) in [6.07, 6.45) is 3.62. The van der Waals surface area contributed by atoms with Crippen LogP contribution < -0.4 is 5.43 Å². The molecule has 0 amide bonds. The summed E-state index contributed by atoms with van der Waals surface area (Å²) in [7, 11) is 0. The van der Waals surface area contributed by atoms with Crippen molar-refractivity contribution in [2.45, 2.75) is 0 Å². The molecule has 1 aromatic carbocycles. The highest BCUT2D eigenvalue weighted by molar-refractivity contribution is 6.35. The van der Waals surface area contributed by atoms with Crippen molar-refractivity contribution in [2.24, 2.45) is 0 Å². The SMILES string of the molecule is C=CCN(CC=C)Nc1cc(Cl)cc(Cl)c1. The monoisotopic (exact) mass is 256 g/mol. The van der Waals surface area contributed by atoms with Gasteiger partial charge in [-0.25, -0.2) is 5.01 Å². The molecule has 0 radical (unpaired) electrons. The van der Waals surface area contributed by atoms with E-state index in [1.54, 1.807) is 6.07 Å². The molecule has 86 valence electrons. The highest BCUT2D eigenvalue weighted by Crippen LogP contribution is 2.22. The van der Waals surface area contributed by atoms with Crippen LogP contribution in [0.25, 0.3) is 0 Å². The molecule has 2 nitrogen and oxygen atoms in total. The molecular weight excluding hydrogens is 243 g/mol. The zero-order valence-electron chi connectivity index (χ0n) is 8.92. The molecule has 0 saturated carbocycles. The molecule has 0 fully saturated rings. The van der Waals surface area contributed by atoms with Crippen LogP contribution in [0.15, 0.2) is 43.5 Å². The number of halogens is 2. The molecule has 0 aliphatic rings. The van der Waals surface area contributed by atoms with Crippen molar-refractivity contribution >= 4 is 28.9 Å². The lowest BCUT2D eigenvalue weighted by Gasteiger charge is -2.21. The van der Waals surface area contributed by atoms with Gasteiger partial charge >= 0.3 is 0 Å². The summed E-state index contributed by atoms with van der Waals surface area (Å²) in [6, 6.07) is 5.32. The second-order valence-corrected chi connectivity index (χ2v) is 4.13. The molecule has 0 unspecified atom stereocenters. The number of hydrazine groups is 1. The third-order valence-electron chi connectivity index (χ3n) is 1.85. The van der Waals surface area contributed by atoms with Crippen molar-refractivity contribution in [3.05, 3.63) is 53.6 Å². The van der Waals surface area contributed by atoms with Gasteiger partial charge in [0, 0.05) is 23.1 Å². The minimum Gasteiger partial charge on any atom is -0.318 e. The van der Waals surface area contributed by atoms with Crippen molar-refractivity contribution in [3.63, 3.8) is 0 Å². The maximum Gasteiger partial charge on any atom is 0.0519 e. The number of hydrogen-bond acceptors (Lipinski definition) is 2. The molecule has 16 heavy (non-hydrogen) atoms. The predicted molar refractivity (Wildman–Crippen MR) is 72.1 cm³/mol. The van der Waals surface area contributed by atoms with E-state index in [1.807, 2.05) is 29.3 Å². The fourth-order valence-electron chi connectivity index (χ4n) is 1.28. The molecule has 0 aliphatic carbocycles. The van der Waals surface area contributed by atoms with Crippen LogP contribution >= 0.6 is 23.2 Å². The van der Waals surface area contributed by atoms with Crippen molar-refractivity contribution in [3.8, 4) is 0 Å². The Morgan fingerprint density at radius 3 is 2.00 bits per heavy atom. The van der Waals surface area contributed by atoms with Gasteiger partial charge in [0.2, 0.25) is 0 Å². The van der Waals surface area contributed by atoms with Crippen molar-refractivity contribution in [2.75, 3.05) is 18.5 Å². The fraction of sp³-hybridized carbons (Fsp3) is 0.167. The van der Waals surface area contributed by atoms with E-state index in [4.69, 9.17) is 23.2 Å². The van der Waals surface area contributed by atoms with E-state index in [-0.39, 0.29) is 0 Å². The second kappa shape index (κ2) is 6.59. The molecule has 0 heterocycles. The first-order chi connectivity index (χ1) is 7.65. The Hall–Kier alpha value is -0.960. The Morgan fingerprint density at radius 1 is 1.06 bits per heavy atom. The average molecular weight is 257 g/mol. The van der Waals surface area contributed by atoms with Crippen molar-refractivity contribution in [1.82, 2.24) is 5.01 Å². The summed E-state index contributed by atoms with van der Waals surface area (Å²) < 4.78 is 0. The lowest BCUT2D eigenvalue weighted by molar-refractivity contribution is 0.406. The molecule has 0 saturated heterocycles. The Bertz CT molecular complexity index is 347. The van der Waals surface area contributed by atoms with Crippen LogP contribution in [0.5, 0.6) is 0 Å². The number of anilines is 1. The fourth-order valence-corrected chi connectivity index (χ4v) is 1.80. The van der Waals surface area contributed by atoms with Gasteiger partial charge in [-0.1, -0.05) is 35.4 Å². The number of rotatable bonds is 6. The molecule has 0 spiro atoms. The quantitative estimate of drug-likeness (QED) is 0.612. The van der Waals surface area contributed by atoms with E-state index in [0.717, 1.165) is 5.69 Å². The number of hydrogen-bond donors (Lipinski definition) is 1. The van der Waals surface area contributed by atoms with Gasteiger partial charge in [-0.3, -0.25) is 0 Å². The van der Waals surface area contributed by atoms with Crippen LogP contribution in [0, 0.1) is 0 Å². The molecule has 1 N–H and O–H groups in total. The third-order valence-corrected chi connectivity index (χ3v) is 2.29. The smallest absolute Gasteiger partial charge is 0.0519 e. The molecule has 4 heteroatoms. The highest BCUT2D eigenvalue weighted by Gasteiger charge is 2.02. The maximum atomic E-state index is 5.90. The Balaban J connectivity index is 2.75. The van der Waals surface area contributed by atoms with Gasteiger partial charge in [0.05, 0.1) is 5.69 Å². The molecule has 1 rings (SSSR count). The van der Waals surface area contributed by atoms with Gasteiger partial charge in [-0.2, -0.15) is 0 Å². The van der Waals surface area contributed by atoms with Gasteiger partial charge < -0.3 is 5.43 Å². The zero-order valence-corrected chi connectivity index (χ0v) is 10.4. The number of benzene rings is 1. The Kier molecular flexibility index (Phi) is 5.39. The lowest BCUT2D eigenvalue weighted by Crippen LogP contribution is -2.30. The van der Waals surface area contributed by atoms with Gasteiger partial charge in [0.15, 0.2) is 0 Å². The molecule has 0 aromatic heterocycles. The summed E-state index contributed by atoms with van der Waals surface area (Å²) in [5.41, 5.74) is 4.03. The molecule has 0 atom stereocenters. The predicted octanol–water partition coefficient (Wildman–Crippen LogP) is 3.99. The van der Waals surface area contributed by atoms with E-state index in [0.29, 0.717) is 23.1 Å². The Labute approximate surface area is 106 Å². The first kappa shape index (κ1) is 13.1. The topological polar surface area (TPSA) is 15.3 Å². The van der Waals surface area contributed by atoms with E-state index in [9.17, 15) is 0 Å². The third kappa shape index (κ3) is 4.27. The average Bonchev–Trinajstić information content (AvgIpc) is 2.16. The van der Waals surface area contributed by atoms with Gasteiger partial charge in [-0.15, -0.1) is 13.2 Å². The largest absolute Gasteiger partial charge is 0.318 e. The minimum atomic E-state index is 0.604. The van der Waals surface area contributed by atoms with Crippen LogP contribution in [-0.2, 0) is 0 Å². The van der Waals surface area contributed by atoms with E-state index < -0.39 is 0 Å². The Morgan fingerprint density at radius 2 is 1.56 bits per heavy atom. The van der Waals surface area contributed by atoms with Gasteiger partial charge in [0.25, 0.3) is 0 Å². The van der Waals surface area contributed by atoms with E-state index in [1.165, 1.54) is 0 Å². The van der Waals surface area contributed by atoms with Crippen LogP contribution in [0.2, 0.25) is 10.0 Å². The highest BCUT2D eigenvalue weighted by atomic mass is 35.5. The lowest BCUT2D eigenvalue weighted by atomic mass is 10.3. The summed E-state index contributed by atoms with van der Waals surface area (Å²) >= 11 is 11.8. The van der Waals surface area contributed by atoms with Crippen molar-refractivity contribution in [1.29, 1.82) is 0 Å². The van der Waals surface area contributed by atoms with E-state index in [2.05, 4.69) is 18.6 Å². The second-order valence-electron chi connectivity index (χ2n) is 3.25. The first-order valence-electron chi connectivity index (χ1n) is 4.85. The van der Waals surface area contributed by atoms with Crippen LogP contribution in [0.3, 0.4) is 0 Å². The van der Waals surface area contributed by atoms with Crippen LogP contribution in [0.4, 0.5) is 5.69 Å².